The summed E-state index contributed by atoms with van der Waals surface area (Å²) in [6.45, 7) is 5.24. The van der Waals surface area contributed by atoms with Gasteiger partial charge in [0, 0.05) is 6.61 Å². The van der Waals surface area contributed by atoms with Gasteiger partial charge in [0.2, 0.25) is 0 Å². The van der Waals surface area contributed by atoms with Gasteiger partial charge in [-0.1, -0.05) is 50.2 Å². The highest BCUT2D eigenvalue weighted by molar-refractivity contribution is 5.24. The molecule has 0 aromatic carbocycles. The minimum atomic E-state index is 0.501. The summed E-state index contributed by atoms with van der Waals surface area (Å²) >= 11 is 0. The molecule has 0 aromatic rings. The van der Waals surface area contributed by atoms with Crippen LogP contribution in [0.15, 0.2) is 24.3 Å². The van der Waals surface area contributed by atoms with Gasteiger partial charge in [-0.25, -0.2) is 0 Å². The van der Waals surface area contributed by atoms with E-state index in [0.717, 1.165) is 18.4 Å². The molecule has 0 atom stereocenters. The maximum absolute atomic E-state index is 5.71. The SMILES string of the molecule is CCCC[C@H]1CC[C@H](C=CC#CC=C[C@H]2CC[C@H](OCC)CC2)CC1. The molecule has 2 aliphatic rings. The molecule has 2 aliphatic carbocycles. The highest BCUT2D eigenvalue weighted by Crippen LogP contribution is 2.32. The molecule has 0 saturated heterocycles. The molecule has 25 heavy (non-hydrogen) atoms. The van der Waals surface area contributed by atoms with Crippen LogP contribution >= 0.6 is 0 Å². The van der Waals surface area contributed by atoms with E-state index < -0.39 is 0 Å². The molecule has 1 nitrogen and oxygen atoms in total. The smallest absolute Gasteiger partial charge is 0.0575 e. The number of ether oxygens (including phenoxy) is 1. The van der Waals surface area contributed by atoms with Crippen LogP contribution < -0.4 is 0 Å². The first-order chi connectivity index (χ1) is 12.3. The van der Waals surface area contributed by atoms with Crippen molar-refractivity contribution in [2.45, 2.75) is 90.6 Å². The van der Waals surface area contributed by atoms with Gasteiger partial charge < -0.3 is 4.74 Å². The fraction of sp³-hybridized carbons (Fsp3) is 0.750. The quantitative estimate of drug-likeness (QED) is 0.468. The number of allylic oxidation sites excluding steroid dienone is 4. The van der Waals surface area contributed by atoms with E-state index in [4.69, 9.17) is 4.74 Å². The molecule has 2 fully saturated rings. The van der Waals surface area contributed by atoms with Gasteiger partial charge in [0.25, 0.3) is 0 Å². The molecular weight excluding hydrogens is 304 g/mol. The van der Waals surface area contributed by atoms with Gasteiger partial charge in [0.05, 0.1) is 6.10 Å². The lowest BCUT2D eigenvalue weighted by atomic mass is 9.80. The first-order valence-electron chi connectivity index (χ1n) is 10.8. The van der Waals surface area contributed by atoms with E-state index in [1.807, 2.05) is 0 Å². The Hall–Kier alpha value is -1.00. The lowest BCUT2D eigenvalue weighted by Gasteiger charge is -2.26. The number of unbranched alkanes of at least 4 members (excludes halogenated alkanes) is 1. The average molecular weight is 343 g/mol. The molecule has 0 bridgehead atoms. The van der Waals surface area contributed by atoms with Crippen LogP contribution in [-0.2, 0) is 4.74 Å². The van der Waals surface area contributed by atoms with Gasteiger partial charge in [0.1, 0.15) is 0 Å². The van der Waals surface area contributed by atoms with Crippen LogP contribution in [0.5, 0.6) is 0 Å². The van der Waals surface area contributed by atoms with Crippen molar-refractivity contribution < 1.29 is 4.74 Å². The van der Waals surface area contributed by atoms with E-state index in [9.17, 15) is 0 Å². The molecule has 1 heteroatoms. The first kappa shape index (κ1) is 20.3. The molecule has 2 rings (SSSR count). The third-order valence-electron chi connectivity index (χ3n) is 5.97. The zero-order chi connectivity index (χ0) is 17.7. The van der Waals surface area contributed by atoms with Gasteiger partial charge in [-0.05, 0) is 88.2 Å². The molecular formula is C24H38O. The normalized spacial score (nSPS) is 30.5. The van der Waals surface area contributed by atoms with Crippen molar-refractivity contribution in [1.82, 2.24) is 0 Å². The van der Waals surface area contributed by atoms with E-state index in [0.29, 0.717) is 12.0 Å². The van der Waals surface area contributed by atoms with Gasteiger partial charge in [-0.3, -0.25) is 0 Å². The van der Waals surface area contributed by atoms with E-state index in [1.54, 1.807) is 0 Å². The summed E-state index contributed by atoms with van der Waals surface area (Å²) in [5.41, 5.74) is 0. The minimum absolute atomic E-state index is 0.501. The van der Waals surface area contributed by atoms with E-state index in [-0.39, 0.29) is 0 Å². The molecule has 140 valence electrons. The third kappa shape index (κ3) is 8.28. The Morgan fingerprint density at radius 1 is 0.800 bits per heavy atom. The largest absolute Gasteiger partial charge is 0.379 e. The second-order valence-corrected chi connectivity index (χ2v) is 7.92. The Morgan fingerprint density at radius 2 is 1.36 bits per heavy atom. The monoisotopic (exact) mass is 342 g/mol. The summed E-state index contributed by atoms with van der Waals surface area (Å²) in [6, 6.07) is 0. The maximum atomic E-state index is 5.71. The third-order valence-corrected chi connectivity index (χ3v) is 5.97. The van der Waals surface area contributed by atoms with Gasteiger partial charge in [0.15, 0.2) is 0 Å². The van der Waals surface area contributed by atoms with Crippen molar-refractivity contribution in [3.8, 4) is 11.8 Å². The fourth-order valence-electron chi connectivity index (χ4n) is 4.31. The number of hydrogen-bond donors (Lipinski definition) is 0. The van der Waals surface area contributed by atoms with Crippen LogP contribution in [0.25, 0.3) is 0 Å². The molecule has 0 radical (unpaired) electrons. The van der Waals surface area contributed by atoms with Crippen molar-refractivity contribution in [3.05, 3.63) is 24.3 Å². The number of hydrogen-bond acceptors (Lipinski definition) is 1. The summed E-state index contributed by atoms with van der Waals surface area (Å²) in [4.78, 5) is 0. The maximum Gasteiger partial charge on any atom is 0.0575 e. The number of rotatable bonds is 7. The van der Waals surface area contributed by atoms with Crippen molar-refractivity contribution >= 4 is 0 Å². The Kier molecular flexibility index (Phi) is 10.1. The lowest BCUT2D eigenvalue weighted by molar-refractivity contribution is 0.0302. The van der Waals surface area contributed by atoms with E-state index in [2.05, 4.69) is 50.0 Å². The molecule has 0 heterocycles. The standard InChI is InChI=1S/C24H38O/c1-3-5-10-21-13-15-22(16-14-21)11-8-6-7-9-12-23-17-19-24(20-18-23)25-4-2/h8-9,11-12,21-24H,3-5,10,13-20H2,1-2H3/t21-,22-,23-,24-. The molecule has 0 aromatic heterocycles. The van der Waals surface area contributed by atoms with Crippen LogP contribution in [0, 0.1) is 29.6 Å². The molecule has 0 N–H and O–H groups in total. The Morgan fingerprint density at radius 3 is 1.88 bits per heavy atom. The molecule has 0 amide bonds. The van der Waals surface area contributed by atoms with Crippen molar-refractivity contribution in [2.75, 3.05) is 6.61 Å². The predicted molar refractivity (Wildman–Crippen MR) is 108 cm³/mol. The topological polar surface area (TPSA) is 9.23 Å². The second kappa shape index (κ2) is 12.4. The Labute approximate surface area is 156 Å². The van der Waals surface area contributed by atoms with Gasteiger partial charge in [-0.15, -0.1) is 0 Å². The van der Waals surface area contributed by atoms with Gasteiger partial charge >= 0.3 is 0 Å². The fourth-order valence-corrected chi connectivity index (χ4v) is 4.31. The summed E-state index contributed by atoms with van der Waals surface area (Å²) < 4.78 is 5.71. The summed E-state index contributed by atoms with van der Waals surface area (Å²) in [5, 5.41) is 0. The minimum Gasteiger partial charge on any atom is -0.379 e. The summed E-state index contributed by atoms with van der Waals surface area (Å²) in [6.07, 6.45) is 24.0. The highest BCUT2D eigenvalue weighted by Gasteiger charge is 2.19. The summed E-state index contributed by atoms with van der Waals surface area (Å²) in [7, 11) is 0. The van der Waals surface area contributed by atoms with Crippen LogP contribution in [0.3, 0.4) is 0 Å². The van der Waals surface area contributed by atoms with Gasteiger partial charge in [-0.2, -0.15) is 0 Å². The van der Waals surface area contributed by atoms with Crippen LogP contribution in [0.1, 0.15) is 84.5 Å². The second-order valence-electron chi connectivity index (χ2n) is 7.92. The van der Waals surface area contributed by atoms with Crippen LogP contribution in [0.2, 0.25) is 0 Å². The highest BCUT2D eigenvalue weighted by atomic mass is 16.5. The van der Waals surface area contributed by atoms with Crippen molar-refractivity contribution in [3.63, 3.8) is 0 Å². The average Bonchev–Trinajstić information content (AvgIpc) is 2.65. The van der Waals surface area contributed by atoms with Crippen LogP contribution in [0.4, 0.5) is 0 Å². The zero-order valence-corrected chi connectivity index (χ0v) is 16.5. The first-order valence-corrected chi connectivity index (χ1v) is 10.8. The zero-order valence-electron chi connectivity index (χ0n) is 16.5. The molecule has 2 saturated carbocycles. The molecule has 0 spiro atoms. The summed E-state index contributed by atoms with van der Waals surface area (Å²) in [5.74, 6) is 8.87. The Bertz CT molecular complexity index is 448. The lowest BCUT2D eigenvalue weighted by Crippen LogP contribution is -2.20. The predicted octanol–water partition coefficient (Wildman–Crippen LogP) is 6.69. The van der Waals surface area contributed by atoms with Crippen LogP contribution in [-0.4, -0.2) is 12.7 Å². The Balaban J connectivity index is 1.60. The molecule has 0 aliphatic heterocycles. The van der Waals surface area contributed by atoms with E-state index in [1.165, 1.54) is 70.6 Å². The van der Waals surface area contributed by atoms with E-state index >= 15 is 0 Å². The van der Waals surface area contributed by atoms with Crippen molar-refractivity contribution in [1.29, 1.82) is 0 Å². The van der Waals surface area contributed by atoms with Crippen molar-refractivity contribution in [2.24, 2.45) is 17.8 Å². The molecule has 0 unspecified atom stereocenters.